The van der Waals surface area contributed by atoms with Gasteiger partial charge in [0.1, 0.15) is 7.11 Å². The molecule has 0 radical (unpaired) electrons. The van der Waals surface area contributed by atoms with Gasteiger partial charge in [0.2, 0.25) is 0 Å². The van der Waals surface area contributed by atoms with Crippen LogP contribution >= 0.6 is 34.7 Å². The molecule has 1 aliphatic rings. The lowest BCUT2D eigenvalue weighted by Crippen LogP contribution is -2.20. The summed E-state index contributed by atoms with van der Waals surface area (Å²) in [4.78, 5) is 18.3. The maximum atomic E-state index is 12.6. The van der Waals surface area contributed by atoms with E-state index in [0.29, 0.717) is 9.90 Å². The summed E-state index contributed by atoms with van der Waals surface area (Å²) >= 11 is 8.97. The molecule has 1 heterocycles. The Kier molecular flexibility index (Phi) is 6.34. The molecule has 0 spiro atoms. The summed E-state index contributed by atoms with van der Waals surface area (Å²) in [6, 6.07) is 7.23. The van der Waals surface area contributed by atoms with E-state index in [1.807, 2.05) is 18.4 Å². The molecular formula is C18H18ClN3O2S2. The molecule has 0 saturated carbocycles. The van der Waals surface area contributed by atoms with Crippen molar-refractivity contribution in [3.8, 4) is 0 Å². The minimum atomic E-state index is -0.199. The number of hydrogen-bond acceptors (Lipinski definition) is 6. The standard InChI is InChI=1S/C18H18ClN3O2S2/c1-24-22-14-5-3-4-13-15(14)18(25-2)26-16(13)17(23)21-20-10-11-6-8-12(19)9-7-11/h6-10H,3-5H2,1-2H3,(H,21,23)/b20-10+,22-14+. The molecule has 0 unspecified atom stereocenters. The molecule has 5 nitrogen and oxygen atoms in total. The van der Waals surface area contributed by atoms with Crippen molar-refractivity contribution in [2.75, 3.05) is 13.4 Å². The first kappa shape index (κ1) is 18.9. The molecule has 1 N–H and O–H groups in total. The highest BCUT2D eigenvalue weighted by atomic mass is 35.5. The summed E-state index contributed by atoms with van der Waals surface area (Å²) in [7, 11) is 1.55. The molecule has 1 aromatic carbocycles. The normalized spacial score (nSPS) is 15.3. The molecular weight excluding hydrogens is 390 g/mol. The van der Waals surface area contributed by atoms with Crippen molar-refractivity contribution in [1.29, 1.82) is 0 Å². The highest BCUT2D eigenvalue weighted by Gasteiger charge is 2.28. The second-order valence-corrected chi connectivity index (χ2v) is 8.13. The predicted molar refractivity (Wildman–Crippen MR) is 109 cm³/mol. The third kappa shape index (κ3) is 4.11. The SMILES string of the molecule is CO/N=C1\CCCc2c(C(=O)N/N=C/c3ccc(Cl)cc3)sc(SC)c21. The van der Waals surface area contributed by atoms with Crippen LogP contribution in [0.1, 0.15) is 39.2 Å². The molecule has 0 saturated heterocycles. The summed E-state index contributed by atoms with van der Waals surface area (Å²) in [5.74, 6) is -0.199. The fourth-order valence-corrected chi connectivity index (χ4v) is 4.97. The van der Waals surface area contributed by atoms with Gasteiger partial charge in [0, 0.05) is 10.6 Å². The number of carbonyl (C=O) groups is 1. The third-order valence-corrected chi connectivity index (χ3v) is 6.55. The largest absolute Gasteiger partial charge is 0.399 e. The van der Waals surface area contributed by atoms with Crippen LogP contribution in [0.2, 0.25) is 5.02 Å². The van der Waals surface area contributed by atoms with Gasteiger partial charge in [0.15, 0.2) is 0 Å². The molecule has 0 atom stereocenters. The molecule has 136 valence electrons. The number of thioether (sulfide) groups is 1. The number of halogens is 1. The lowest BCUT2D eigenvalue weighted by atomic mass is 9.92. The molecule has 1 amide bonds. The van der Waals surface area contributed by atoms with E-state index < -0.39 is 0 Å². The molecule has 1 aliphatic carbocycles. The fourth-order valence-electron chi connectivity index (χ4n) is 2.82. The van der Waals surface area contributed by atoms with Crippen molar-refractivity contribution in [1.82, 2.24) is 5.43 Å². The first-order valence-electron chi connectivity index (χ1n) is 8.03. The van der Waals surface area contributed by atoms with Crippen molar-refractivity contribution >= 4 is 52.5 Å². The van der Waals surface area contributed by atoms with Crippen molar-refractivity contribution in [2.24, 2.45) is 10.3 Å². The highest BCUT2D eigenvalue weighted by molar-refractivity contribution is 8.00. The Hall–Kier alpha value is -1.83. The monoisotopic (exact) mass is 407 g/mol. The molecule has 26 heavy (non-hydrogen) atoms. The Labute approximate surface area is 165 Å². The maximum Gasteiger partial charge on any atom is 0.281 e. The van der Waals surface area contributed by atoms with Crippen LogP contribution in [0.4, 0.5) is 0 Å². The number of carbonyl (C=O) groups excluding carboxylic acids is 1. The van der Waals surface area contributed by atoms with E-state index in [1.165, 1.54) is 11.3 Å². The average molecular weight is 408 g/mol. The van der Waals surface area contributed by atoms with Crippen LogP contribution in [0.3, 0.4) is 0 Å². The van der Waals surface area contributed by atoms with Gasteiger partial charge in [-0.05, 0) is 48.8 Å². The van der Waals surface area contributed by atoms with Crippen molar-refractivity contribution in [2.45, 2.75) is 23.5 Å². The van der Waals surface area contributed by atoms with Crippen molar-refractivity contribution in [3.05, 3.63) is 50.9 Å². The number of hydrazone groups is 1. The zero-order chi connectivity index (χ0) is 18.5. The van der Waals surface area contributed by atoms with E-state index in [-0.39, 0.29) is 5.91 Å². The van der Waals surface area contributed by atoms with Crippen molar-refractivity contribution < 1.29 is 9.63 Å². The smallest absolute Gasteiger partial charge is 0.281 e. The Morgan fingerprint density at radius 1 is 1.35 bits per heavy atom. The van der Waals surface area contributed by atoms with Crippen LogP contribution < -0.4 is 5.43 Å². The average Bonchev–Trinajstić information content (AvgIpc) is 3.03. The van der Waals surface area contributed by atoms with Gasteiger partial charge in [-0.15, -0.1) is 23.1 Å². The number of nitrogens with zero attached hydrogens (tertiary/aromatic N) is 2. The number of oxime groups is 1. The second-order valence-electron chi connectivity index (χ2n) is 5.60. The Morgan fingerprint density at radius 3 is 2.81 bits per heavy atom. The minimum Gasteiger partial charge on any atom is -0.399 e. The number of hydrogen-bond donors (Lipinski definition) is 1. The lowest BCUT2D eigenvalue weighted by molar-refractivity contribution is 0.0958. The Bertz CT molecular complexity index is 860. The zero-order valence-electron chi connectivity index (χ0n) is 14.4. The van der Waals surface area contributed by atoms with Crippen LogP contribution in [-0.2, 0) is 11.3 Å². The summed E-state index contributed by atoms with van der Waals surface area (Å²) in [6.07, 6.45) is 6.28. The van der Waals surface area contributed by atoms with E-state index in [4.69, 9.17) is 16.4 Å². The van der Waals surface area contributed by atoms with Gasteiger partial charge in [-0.1, -0.05) is 28.9 Å². The number of amides is 1. The molecule has 0 fully saturated rings. The number of thiophene rings is 1. The molecule has 0 aliphatic heterocycles. The summed E-state index contributed by atoms with van der Waals surface area (Å²) in [6.45, 7) is 0. The van der Waals surface area contributed by atoms with E-state index in [0.717, 1.165) is 45.9 Å². The third-order valence-electron chi connectivity index (χ3n) is 3.95. The summed E-state index contributed by atoms with van der Waals surface area (Å²) < 4.78 is 1.09. The van der Waals surface area contributed by atoms with Crippen LogP contribution in [0.25, 0.3) is 0 Å². The second kappa shape index (κ2) is 8.70. The van der Waals surface area contributed by atoms with Crippen LogP contribution in [0.15, 0.2) is 38.7 Å². The van der Waals surface area contributed by atoms with Crippen LogP contribution in [-0.4, -0.2) is 31.2 Å². The molecule has 8 heteroatoms. The molecule has 0 bridgehead atoms. The maximum absolute atomic E-state index is 12.6. The molecule has 3 rings (SSSR count). The first-order valence-corrected chi connectivity index (χ1v) is 10.4. The summed E-state index contributed by atoms with van der Waals surface area (Å²) in [5.41, 5.74) is 6.50. The fraction of sp³-hybridized carbons (Fsp3) is 0.278. The van der Waals surface area contributed by atoms with Crippen LogP contribution in [0, 0.1) is 0 Å². The van der Waals surface area contributed by atoms with Gasteiger partial charge in [-0.3, -0.25) is 4.79 Å². The van der Waals surface area contributed by atoms with Gasteiger partial charge in [0.05, 0.1) is 21.0 Å². The Morgan fingerprint density at radius 2 is 2.12 bits per heavy atom. The number of rotatable bonds is 5. The number of benzene rings is 1. The van der Waals surface area contributed by atoms with Gasteiger partial charge < -0.3 is 4.84 Å². The Balaban J connectivity index is 1.81. The van der Waals surface area contributed by atoms with Gasteiger partial charge in [0.25, 0.3) is 5.91 Å². The zero-order valence-corrected chi connectivity index (χ0v) is 16.8. The predicted octanol–water partition coefficient (Wildman–Crippen LogP) is 4.57. The van der Waals surface area contributed by atoms with Crippen LogP contribution in [0.5, 0.6) is 0 Å². The van der Waals surface area contributed by atoms with Gasteiger partial charge in [-0.25, -0.2) is 5.43 Å². The van der Waals surface area contributed by atoms with Gasteiger partial charge >= 0.3 is 0 Å². The van der Waals surface area contributed by atoms with E-state index >= 15 is 0 Å². The summed E-state index contributed by atoms with van der Waals surface area (Å²) in [5, 5.41) is 8.88. The first-order chi connectivity index (χ1) is 12.6. The van der Waals surface area contributed by atoms with E-state index in [1.54, 1.807) is 37.2 Å². The lowest BCUT2D eigenvalue weighted by Gasteiger charge is -2.15. The van der Waals surface area contributed by atoms with E-state index in [2.05, 4.69) is 15.7 Å². The number of fused-ring (bicyclic) bond motifs is 1. The minimum absolute atomic E-state index is 0.199. The molecule has 2 aromatic rings. The van der Waals surface area contributed by atoms with Crippen molar-refractivity contribution in [3.63, 3.8) is 0 Å². The topological polar surface area (TPSA) is 63.0 Å². The quantitative estimate of drug-likeness (QED) is 0.448. The number of nitrogens with one attached hydrogen (secondary N) is 1. The molecule has 1 aromatic heterocycles. The highest BCUT2D eigenvalue weighted by Crippen LogP contribution is 2.39. The van der Waals surface area contributed by atoms with Gasteiger partial charge in [-0.2, -0.15) is 5.10 Å². The van der Waals surface area contributed by atoms with E-state index in [9.17, 15) is 4.79 Å².